The van der Waals surface area contributed by atoms with Gasteiger partial charge in [-0.25, -0.2) is 8.78 Å². The Morgan fingerprint density at radius 2 is 1.80 bits per heavy atom. The number of rotatable bonds is 4. The molecule has 1 unspecified atom stereocenters. The summed E-state index contributed by atoms with van der Waals surface area (Å²) in [5.41, 5.74) is 0.730. The standard InChI is InChI=1S/C18H16F2N2O2S/c1-25-15-4-2-13(3-5-15)21-17(23)16-6-7-22(18(16)24)14-9-11(19)8-12(20)10-14/h2-5,8-10,16H,6-7H2,1H3,(H,21,23). The third kappa shape index (κ3) is 3.82. The highest BCUT2D eigenvalue weighted by atomic mass is 32.2. The lowest BCUT2D eigenvalue weighted by Gasteiger charge is -2.17. The average molecular weight is 362 g/mol. The normalized spacial score (nSPS) is 17.0. The third-order valence-electron chi connectivity index (χ3n) is 4.04. The molecule has 1 saturated heterocycles. The fraction of sp³-hybridized carbons (Fsp3) is 0.222. The van der Waals surface area contributed by atoms with Gasteiger partial charge in [0.05, 0.1) is 0 Å². The second-order valence-corrected chi connectivity index (χ2v) is 6.56. The lowest BCUT2D eigenvalue weighted by atomic mass is 10.1. The second kappa shape index (κ2) is 7.23. The monoisotopic (exact) mass is 362 g/mol. The Hall–Kier alpha value is -2.41. The van der Waals surface area contributed by atoms with Gasteiger partial charge in [0.1, 0.15) is 17.6 Å². The van der Waals surface area contributed by atoms with Crippen molar-refractivity contribution in [3.63, 3.8) is 0 Å². The van der Waals surface area contributed by atoms with Crippen molar-refractivity contribution >= 4 is 35.0 Å². The van der Waals surface area contributed by atoms with Gasteiger partial charge in [-0.15, -0.1) is 11.8 Å². The zero-order chi connectivity index (χ0) is 18.0. The first-order chi connectivity index (χ1) is 12.0. The van der Waals surface area contributed by atoms with E-state index >= 15 is 0 Å². The van der Waals surface area contributed by atoms with E-state index in [1.807, 2.05) is 18.4 Å². The average Bonchev–Trinajstić information content (AvgIpc) is 2.96. The van der Waals surface area contributed by atoms with Gasteiger partial charge >= 0.3 is 0 Å². The van der Waals surface area contributed by atoms with Crippen LogP contribution in [0, 0.1) is 17.6 Å². The van der Waals surface area contributed by atoms with E-state index in [9.17, 15) is 18.4 Å². The van der Waals surface area contributed by atoms with Crippen LogP contribution >= 0.6 is 11.8 Å². The van der Waals surface area contributed by atoms with Crippen LogP contribution in [-0.4, -0.2) is 24.6 Å². The number of thioether (sulfide) groups is 1. The van der Waals surface area contributed by atoms with Gasteiger partial charge in [-0.1, -0.05) is 0 Å². The van der Waals surface area contributed by atoms with Crippen LogP contribution in [0.2, 0.25) is 0 Å². The number of nitrogens with zero attached hydrogens (tertiary/aromatic N) is 1. The van der Waals surface area contributed by atoms with Crippen LogP contribution in [0.25, 0.3) is 0 Å². The Kier molecular flexibility index (Phi) is 5.03. The summed E-state index contributed by atoms with van der Waals surface area (Å²) < 4.78 is 26.7. The molecule has 3 rings (SSSR count). The van der Waals surface area contributed by atoms with Crippen molar-refractivity contribution in [3.05, 3.63) is 54.1 Å². The van der Waals surface area contributed by atoms with Crippen LogP contribution in [0.1, 0.15) is 6.42 Å². The quantitative estimate of drug-likeness (QED) is 0.667. The second-order valence-electron chi connectivity index (χ2n) is 5.68. The summed E-state index contributed by atoms with van der Waals surface area (Å²) in [6.45, 7) is 0.241. The number of anilines is 2. The highest BCUT2D eigenvalue weighted by Crippen LogP contribution is 2.28. The minimum atomic E-state index is -0.869. The van der Waals surface area contributed by atoms with E-state index in [0.717, 1.165) is 23.1 Å². The highest BCUT2D eigenvalue weighted by Gasteiger charge is 2.37. The number of hydrogen-bond acceptors (Lipinski definition) is 3. The molecule has 2 aromatic rings. The van der Waals surface area contributed by atoms with Gasteiger partial charge in [-0.05, 0) is 49.1 Å². The molecular formula is C18H16F2N2O2S. The van der Waals surface area contributed by atoms with Crippen molar-refractivity contribution in [1.82, 2.24) is 0 Å². The van der Waals surface area contributed by atoms with E-state index < -0.39 is 29.4 Å². The summed E-state index contributed by atoms with van der Waals surface area (Å²) in [4.78, 5) is 27.2. The summed E-state index contributed by atoms with van der Waals surface area (Å²) >= 11 is 1.59. The van der Waals surface area contributed by atoms with E-state index in [1.165, 1.54) is 4.90 Å². The SMILES string of the molecule is CSc1ccc(NC(=O)C2CCN(c3cc(F)cc(F)c3)C2=O)cc1. The molecule has 0 radical (unpaired) electrons. The first kappa shape index (κ1) is 17.4. The van der Waals surface area contributed by atoms with Crippen LogP contribution in [-0.2, 0) is 9.59 Å². The Balaban J connectivity index is 1.71. The van der Waals surface area contributed by atoms with Crippen LogP contribution in [0.15, 0.2) is 47.4 Å². The maximum Gasteiger partial charge on any atom is 0.239 e. The highest BCUT2D eigenvalue weighted by molar-refractivity contribution is 7.98. The number of nitrogens with one attached hydrogen (secondary N) is 1. The molecule has 1 heterocycles. The van der Waals surface area contributed by atoms with Gasteiger partial charge in [-0.3, -0.25) is 9.59 Å². The molecule has 0 aromatic heterocycles. The number of amides is 2. The minimum absolute atomic E-state index is 0.127. The van der Waals surface area contributed by atoms with Gasteiger partial charge in [-0.2, -0.15) is 0 Å². The summed E-state index contributed by atoms with van der Waals surface area (Å²) in [6, 6.07) is 10.2. The first-order valence-electron chi connectivity index (χ1n) is 7.70. The fourth-order valence-corrected chi connectivity index (χ4v) is 3.19. The molecule has 130 valence electrons. The molecule has 1 aliphatic rings. The Morgan fingerprint density at radius 3 is 2.40 bits per heavy atom. The molecule has 0 aliphatic carbocycles. The van der Waals surface area contributed by atoms with Crippen LogP contribution in [0.3, 0.4) is 0 Å². The molecule has 4 nitrogen and oxygen atoms in total. The smallest absolute Gasteiger partial charge is 0.239 e. The topological polar surface area (TPSA) is 49.4 Å². The summed E-state index contributed by atoms with van der Waals surface area (Å²) in [5.74, 6) is -3.26. The van der Waals surface area contributed by atoms with Gasteiger partial charge in [0.15, 0.2) is 0 Å². The van der Waals surface area contributed by atoms with Gasteiger partial charge in [0.2, 0.25) is 11.8 Å². The minimum Gasteiger partial charge on any atom is -0.325 e. The molecule has 0 saturated carbocycles. The number of benzene rings is 2. The number of carbonyl (C=O) groups excluding carboxylic acids is 2. The van der Waals surface area contributed by atoms with Crippen molar-refractivity contribution in [3.8, 4) is 0 Å². The molecule has 25 heavy (non-hydrogen) atoms. The number of halogens is 2. The lowest BCUT2D eigenvalue weighted by Crippen LogP contribution is -2.33. The van der Waals surface area contributed by atoms with Crippen LogP contribution < -0.4 is 10.2 Å². The van der Waals surface area contributed by atoms with E-state index in [-0.39, 0.29) is 12.2 Å². The predicted molar refractivity (Wildman–Crippen MR) is 93.7 cm³/mol. The predicted octanol–water partition coefficient (Wildman–Crippen LogP) is 3.68. The first-order valence-corrected chi connectivity index (χ1v) is 8.93. The molecular weight excluding hydrogens is 346 g/mol. The fourth-order valence-electron chi connectivity index (χ4n) is 2.78. The van der Waals surface area contributed by atoms with Crippen molar-refractivity contribution in [2.24, 2.45) is 5.92 Å². The largest absolute Gasteiger partial charge is 0.325 e. The molecule has 2 amide bonds. The van der Waals surface area contributed by atoms with Crippen molar-refractivity contribution < 1.29 is 18.4 Å². The van der Waals surface area contributed by atoms with E-state index in [1.54, 1.807) is 23.9 Å². The zero-order valence-corrected chi connectivity index (χ0v) is 14.3. The molecule has 2 aromatic carbocycles. The van der Waals surface area contributed by atoms with E-state index in [2.05, 4.69) is 5.32 Å². The van der Waals surface area contributed by atoms with Crippen LogP contribution in [0.5, 0.6) is 0 Å². The summed E-state index contributed by atoms with van der Waals surface area (Å²) in [7, 11) is 0. The molecule has 0 bridgehead atoms. The van der Waals surface area contributed by atoms with Crippen molar-refractivity contribution in [2.45, 2.75) is 11.3 Å². The number of hydrogen-bond donors (Lipinski definition) is 1. The Labute approximate surface area is 148 Å². The zero-order valence-electron chi connectivity index (χ0n) is 13.5. The van der Waals surface area contributed by atoms with Gasteiger partial charge in [0, 0.05) is 28.9 Å². The summed E-state index contributed by atoms with van der Waals surface area (Å²) in [6.07, 6.45) is 2.25. The molecule has 1 fully saturated rings. The van der Waals surface area contributed by atoms with Crippen LogP contribution in [0.4, 0.5) is 20.2 Å². The van der Waals surface area contributed by atoms with E-state index in [4.69, 9.17) is 0 Å². The lowest BCUT2D eigenvalue weighted by molar-refractivity contribution is -0.129. The molecule has 1 N–H and O–H groups in total. The van der Waals surface area contributed by atoms with E-state index in [0.29, 0.717) is 12.1 Å². The molecule has 1 aliphatic heterocycles. The molecule has 1 atom stereocenters. The van der Waals surface area contributed by atoms with Gasteiger partial charge < -0.3 is 10.2 Å². The maximum absolute atomic E-state index is 13.4. The number of carbonyl (C=O) groups is 2. The maximum atomic E-state index is 13.4. The summed E-state index contributed by atoms with van der Waals surface area (Å²) in [5, 5.41) is 2.72. The van der Waals surface area contributed by atoms with Gasteiger partial charge in [0.25, 0.3) is 0 Å². The van der Waals surface area contributed by atoms with Crippen molar-refractivity contribution in [1.29, 1.82) is 0 Å². The Morgan fingerprint density at radius 1 is 1.16 bits per heavy atom. The Bertz CT molecular complexity index is 791. The molecule has 0 spiro atoms. The molecule has 7 heteroatoms. The third-order valence-corrected chi connectivity index (χ3v) is 4.78. The van der Waals surface area contributed by atoms with Crippen molar-refractivity contribution in [2.75, 3.05) is 23.0 Å².